The topological polar surface area (TPSA) is 116 Å². The van der Waals surface area contributed by atoms with Crippen molar-refractivity contribution in [2.75, 3.05) is 45.1 Å². The average Bonchev–Trinajstić information content (AvgIpc) is 3.30. The third kappa shape index (κ3) is 5.87. The van der Waals surface area contributed by atoms with Crippen molar-refractivity contribution < 1.29 is 27.9 Å². The molecule has 0 spiro atoms. The van der Waals surface area contributed by atoms with Gasteiger partial charge in [-0.05, 0) is 56.7 Å². The molecular formula is C25H35N3O6S. The molecular weight excluding hydrogens is 470 g/mol. The minimum atomic E-state index is -3.79. The predicted molar refractivity (Wildman–Crippen MR) is 132 cm³/mol. The number of ether oxygens (including phenoxy) is 1. The lowest BCUT2D eigenvalue weighted by Gasteiger charge is -2.39. The molecule has 0 aromatic heterocycles. The number of amides is 1. The van der Waals surface area contributed by atoms with E-state index >= 15 is 0 Å². The highest BCUT2D eigenvalue weighted by Gasteiger charge is 2.47. The van der Waals surface area contributed by atoms with Crippen LogP contribution in [0.25, 0.3) is 5.57 Å². The van der Waals surface area contributed by atoms with E-state index in [2.05, 4.69) is 5.32 Å². The Morgan fingerprint density at radius 1 is 1.11 bits per heavy atom. The van der Waals surface area contributed by atoms with Crippen molar-refractivity contribution in [3.8, 4) is 0 Å². The lowest BCUT2D eigenvalue weighted by molar-refractivity contribution is -0.150. The standard InChI is InChI=1S/C25H35N3O6S/c1-24(10-5-13-26-24)18-34-23(31)27-16-11-25(12-17-27,22(29)30)19-35(32,33)28-14-8-21(9-15-28)20-6-3-2-4-7-20/h2-4,6-8,26H,5,9-19H2,1H3,(H,29,30)/t24-/m0/s1. The molecule has 3 aliphatic rings. The zero-order valence-corrected chi connectivity index (χ0v) is 21.1. The Hall–Kier alpha value is -2.43. The molecule has 3 heterocycles. The Morgan fingerprint density at radius 3 is 2.40 bits per heavy atom. The Bertz CT molecular complexity index is 1060. The molecule has 0 aliphatic carbocycles. The first-order chi connectivity index (χ1) is 16.6. The fourth-order valence-electron chi connectivity index (χ4n) is 5.19. The molecule has 0 saturated carbocycles. The molecule has 1 aromatic rings. The first-order valence-electron chi connectivity index (χ1n) is 12.3. The molecule has 3 aliphatic heterocycles. The van der Waals surface area contributed by atoms with E-state index in [4.69, 9.17) is 4.74 Å². The SMILES string of the molecule is C[C@@]1(COC(=O)N2CCC(CS(=O)(=O)N3CC=C(c4ccccc4)CC3)(C(=O)O)CC2)CCCN1. The second kappa shape index (κ2) is 10.3. The van der Waals surface area contributed by atoms with Crippen LogP contribution < -0.4 is 5.32 Å². The van der Waals surface area contributed by atoms with E-state index in [0.29, 0.717) is 13.0 Å². The molecule has 10 heteroatoms. The van der Waals surface area contributed by atoms with Gasteiger partial charge in [-0.1, -0.05) is 36.4 Å². The molecule has 9 nitrogen and oxygen atoms in total. The number of rotatable bonds is 7. The maximum Gasteiger partial charge on any atom is 0.409 e. The lowest BCUT2D eigenvalue weighted by atomic mass is 9.80. The highest BCUT2D eigenvalue weighted by Crippen LogP contribution is 2.35. The number of sulfonamides is 1. The van der Waals surface area contributed by atoms with Crippen molar-refractivity contribution in [1.82, 2.24) is 14.5 Å². The second-order valence-electron chi connectivity index (χ2n) is 10.2. The van der Waals surface area contributed by atoms with Gasteiger partial charge >= 0.3 is 12.1 Å². The van der Waals surface area contributed by atoms with Crippen molar-refractivity contribution in [1.29, 1.82) is 0 Å². The molecule has 4 rings (SSSR count). The van der Waals surface area contributed by atoms with Crippen LogP contribution in [0.1, 0.15) is 44.6 Å². The smallest absolute Gasteiger partial charge is 0.409 e. The molecule has 0 radical (unpaired) electrons. The number of carbonyl (C=O) groups excluding carboxylic acids is 1. The van der Waals surface area contributed by atoms with Crippen molar-refractivity contribution in [2.24, 2.45) is 5.41 Å². The highest BCUT2D eigenvalue weighted by molar-refractivity contribution is 7.89. The summed E-state index contributed by atoms with van der Waals surface area (Å²) in [4.78, 5) is 26.3. The van der Waals surface area contributed by atoms with Gasteiger partial charge in [-0.3, -0.25) is 4.79 Å². The maximum absolute atomic E-state index is 13.2. The zero-order chi connectivity index (χ0) is 25.1. The highest BCUT2D eigenvalue weighted by atomic mass is 32.2. The van der Waals surface area contributed by atoms with E-state index in [9.17, 15) is 23.1 Å². The summed E-state index contributed by atoms with van der Waals surface area (Å²) in [6.45, 7) is 4.04. The van der Waals surface area contributed by atoms with Crippen LogP contribution in [0.3, 0.4) is 0 Å². The van der Waals surface area contributed by atoms with Gasteiger partial charge in [0, 0.05) is 31.7 Å². The number of hydrogen-bond donors (Lipinski definition) is 2. The molecule has 0 unspecified atom stereocenters. The average molecular weight is 506 g/mol. The van der Waals surface area contributed by atoms with E-state index in [-0.39, 0.29) is 44.6 Å². The van der Waals surface area contributed by atoms with Gasteiger partial charge in [-0.25, -0.2) is 13.2 Å². The fourth-order valence-corrected chi connectivity index (χ4v) is 7.15. The van der Waals surface area contributed by atoms with Crippen LogP contribution in [-0.4, -0.2) is 85.4 Å². The molecule has 35 heavy (non-hydrogen) atoms. The molecule has 1 aromatic carbocycles. The van der Waals surface area contributed by atoms with Crippen molar-refractivity contribution in [3.05, 3.63) is 42.0 Å². The number of carboxylic acid groups (broad SMARTS) is 1. The second-order valence-corrected chi connectivity index (χ2v) is 12.1. The van der Waals surface area contributed by atoms with Crippen molar-refractivity contribution >= 4 is 27.7 Å². The number of likely N-dealkylation sites (tertiary alicyclic amines) is 1. The van der Waals surface area contributed by atoms with Gasteiger partial charge in [0.2, 0.25) is 10.0 Å². The molecule has 2 fully saturated rings. The molecule has 1 amide bonds. The van der Waals surface area contributed by atoms with Gasteiger partial charge in [-0.2, -0.15) is 4.31 Å². The number of piperidine rings is 1. The van der Waals surface area contributed by atoms with Gasteiger partial charge < -0.3 is 20.1 Å². The third-order valence-electron chi connectivity index (χ3n) is 7.57. The lowest BCUT2D eigenvalue weighted by Crippen LogP contribution is -2.52. The minimum Gasteiger partial charge on any atom is -0.481 e. The maximum atomic E-state index is 13.2. The summed E-state index contributed by atoms with van der Waals surface area (Å²) < 4.78 is 33.3. The van der Waals surface area contributed by atoms with E-state index in [1.807, 2.05) is 43.3 Å². The summed E-state index contributed by atoms with van der Waals surface area (Å²) in [5, 5.41) is 13.3. The third-order valence-corrected chi connectivity index (χ3v) is 9.61. The molecule has 1 atom stereocenters. The number of nitrogens with zero attached hydrogens (tertiary/aromatic N) is 2. The van der Waals surface area contributed by atoms with E-state index in [1.54, 1.807) is 0 Å². The first-order valence-corrected chi connectivity index (χ1v) is 13.9. The van der Waals surface area contributed by atoms with Crippen LogP contribution in [0.2, 0.25) is 0 Å². The number of hydrogen-bond acceptors (Lipinski definition) is 6. The summed E-state index contributed by atoms with van der Waals surface area (Å²) in [6, 6.07) is 9.83. The quantitative estimate of drug-likeness (QED) is 0.585. The minimum absolute atomic E-state index is 0.0745. The molecule has 2 saturated heterocycles. The molecule has 2 N–H and O–H groups in total. The van der Waals surface area contributed by atoms with Crippen LogP contribution in [0.4, 0.5) is 4.79 Å². The van der Waals surface area contributed by atoms with Crippen LogP contribution in [0.15, 0.2) is 36.4 Å². The largest absolute Gasteiger partial charge is 0.481 e. The summed E-state index contributed by atoms with van der Waals surface area (Å²) >= 11 is 0. The van der Waals surface area contributed by atoms with Crippen molar-refractivity contribution in [3.63, 3.8) is 0 Å². The van der Waals surface area contributed by atoms with Gasteiger partial charge in [0.1, 0.15) is 6.61 Å². The Balaban J connectivity index is 1.35. The summed E-state index contributed by atoms with van der Waals surface area (Å²) in [6.07, 6.45) is 4.12. The number of nitrogens with one attached hydrogen (secondary N) is 1. The molecule has 192 valence electrons. The van der Waals surface area contributed by atoms with E-state index in [0.717, 1.165) is 30.5 Å². The van der Waals surface area contributed by atoms with E-state index in [1.165, 1.54) is 9.21 Å². The van der Waals surface area contributed by atoms with Crippen LogP contribution in [-0.2, 0) is 19.6 Å². The number of aliphatic carboxylic acids is 1. The monoisotopic (exact) mass is 505 g/mol. The van der Waals surface area contributed by atoms with Crippen LogP contribution in [0.5, 0.6) is 0 Å². The zero-order valence-electron chi connectivity index (χ0n) is 20.2. The molecule has 0 bridgehead atoms. The van der Waals surface area contributed by atoms with Crippen LogP contribution >= 0.6 is 0 Å². The summed E-state index contributed by atoms with van der Waals surface area (Å²) in [5.74, 6) is -1.59. The Kier molecular flexibility index (Phi) is 7.54. The van der Waals surface area contributed by atoms with Gasteiger partial charge in [0.25, 0.3) is 0 Å². The van der Waals surface area contributed by atoms with E-state index < -0.39 is 33.3 Å². The number of carbonyl (C=O) groups is 2. The van der Waals surface area contributed by atoms with Crippen LogP contribution in [0, 0.1) is 5.41 Å². The Morgan fingerprint density at radius 2 is 1.83 bits per heavy atom. The fraction of sp³-hybridized carbons (Fsp3) is 0.600. The van der Waals surface area contributed by atoms with Gasteiger partial charge in [-0.15, -0.1) is 0 Å². The summed E-state index contributed by atoms with van der Waals surface area (Å²) in [5.41, 5.74) is 0.521. The number of carboxylic acids is 1. The normalized spacial score (nSPS) is 25.2. The predicted octanol–water partition coefficient (Wildman–Crippen LogP) is 2.55. The van der Waals surface area contributed by atoms with Crippen molar-refractivity contribution in [2.45, 2.75) is 44.6 Å². The summed E-state index contributed by atoms with van der Waals surface area (Å²) in [7, 11) is -3.79. The number of benzene rings is 1. The van der Waals surface area contributed by atoms with Gasteiger partial charge in [0.05, 0.1) is 11.2 Å². The first kappa shape index (κ1) is 25.7. The van der Waals surface area contributed by atoms with Gasteiger partial charge in [0.15, 0.2) is 0 Å². The Labute approximate surface area is 207 Å².